The maximum atomic E-state index is 12.0. The summed E-state index contributed by atoms with van der Waals surface area (Å²) in [5.74, 6) is 0.715. The first-order valence-corrected chi connectivity index (χ1v) is 7.03. The molecule has 0 spiro atoms. The highest BCUT2D eigenvalue weighted by atomic mass is 32.1. The molecule has 1 aromatic rings. The van der Waals surface area contributed by atoms with Crippen LogP contribution >= 0.6 is 11.3 Å². The van der Waals surface area contributed by atoms with Crippen LogP contribution in [0, 0.1) is 5.92 Å². The molecule has 0 aliphatic heterocycles. The number of amides is 1. The highest BCUT2D eigenvalue weighted by molar-refractivity contribution is 7.18. The standard InChI is InChI=1S/C12H22N4OS/c1-5-8(6-2)7-14-11(17)9-10(13)15-12(18-9)16(3)4/h8H,5-7,13H2,1-4H3,(H,14,17). The minimum Gasteiger partial charge on any atom is -0.382 e. The number of nitrogen functional groups attached to an aromatic ring is 1. The smallest absolute Gasteiger partial charge is 0.265 e. The summed E-state index contributed by atoms with van der Waals surface area (Å²) in [6.07, 6.45) is 2.13. The van der Waals surface area contributed by atoms with Crippen LogP contribution in [0.1, 0.15) is 36.4 Å². The number of nitrogens with zero attached hydrogens (tertiary/aromatic N) is 2. The van der Waals surface area contributed by atoms with E-state index in [4.69, 9.17) is 5.73 Å². The van der Waals surface area contributed by atoms with Crippen molar-refractivity contribution in [3.63, 3.8) is 0 Å². The molecule has 3 N–H and O–H groups in total. The summed E-state index contributed by atoms with van der Waals surface area (Å²) in [5, 5.41) is 3.68. The van der Waals surface area contributed by atoms with Crippen molar-refractivity contribution in [2.24, 2.45) is 5.92 Å². The summed E-state index contributed by atoms with van der Waals surface area (Å²) in [5.41, 5.74) is 5.76. The number of nitrogens with two attached hydrogens (primary N) is 1. The van der Waals surface area contributed by atoms with E-state index in [9.17, 15) is 4.79 Å². The third-order valence-electron chi connectivity index (χ3n) is 2.94. The Morgan fingerprint density at radius 3 is 2.50 bits per heavy atom. The number of hydrogen-bond acceptors (Lipinski definition) is 5. The summed E-state index contributed by atoms with van der Waals surface area (Å²) < 4.78 is 0. The minimum atomic E-state index is -0.120. The van der Waals surface area contributed by atoms with Crippen molar-refractivity contribution in [2.45, 2.75) is 26.7 Å². The van der Waals surface area contributed by atoms with Gasteiger partial charge in [0, 0.05) is 20.6 Å². The van der Waals surface area contributed by atoms with Crippen molar-refractivity contribution >= 4 is 28.2 Å². The summed E-state index contributed by atoms with van der Waals surface area (Å²) >= 11 is 1.32. The van der Waals surface area contributed by atoms with Crippen molar-refractivity contribution in [1.29, 1.82) is 0 Å². The van der Waals surface area contributed by atoms with Crippen LogP contribution in [-0.4, -0.2) is 31.5 Å². The van der Waals surface area contributed by atoms with Gasteiger partial charge in [-0.25, -0.2) is 4.98 Å². The number of anilines is 2. The predicted octanol–water partition coefficient (Wildman–Crippen LogP) is 1.96. The Bertz CT molecular complexity index is 399. The maximum Gasteiger partial charge on any atom is 0.265 e. The molecule has 0 aliphatic carbocycles. The van der Waals surface area contributed by atoms with Crippen molar-refractivity contribution in [3.8, 4) is 0 Å². The van der Waals surface area contributed by atoms with Crippen molar-refractivity contribution in [3.05, 3.63) is 4.88 Å². The van der Waals surface area contributed by atoms with Gasteiger partial charge in [0.1, 0.15) is 10.7 Å². The monoisotopic (exact) mass is 270 g/mol. The van der Waals surface area contributed by atoms with Crippen LogP contribution in [0.3, 0.4) is 0 Å². The summed E-state index contributed by atoms with van der Waals surface area (Å²) in [4.78, 5) is 18.5. The lowest BCUT2D eigenvalue weighted by atomic mass is 10.0. The zero-order valence-electron chi connectivity index (χ0n) is 11.5. The number of carbonyl (C=O) groups excluding carboxylic acids is 1. The van der Waals surface area contributed by atoms with E-state index in [0.29, 0.717) is 23.2 Å². The molecular weight excluding hydrogens is 248 g/mol. The molecule has 18 heavy (non-hydrogen) atoms. The van der Waals surface area contributed by atoms with Crippen molar-refractivity contribution in [1.82, 2.24) is 10.3 Å². The van der Waals surface area contributed by atoms with Gasteiger partial charge in [-0.2, -0.15) is 0 Å². The van der Waals surface area contributed by atoms with Gasteiger partial charge >= 0.3 is 0 Å². The molecule has 1 aromatic heterocycles. The molecule has 0 fully saturated rings. The molecule has 0 saturated carbocycles. The van der Waals surface area contributed by atoms with E-state index in [1.807, 2.05) is 19.0 Å². The van der Waals surface area contributed by atoms with E-state index in [2.05, 4.69) is 24.1 Å². The molecule has 102 valence electrons. The fraction of sp³-hybridized carbons (Fsp3) is 0.667. The molecule has 6 heteroatoms. The van der Waals surface area contributed by atoms with Crippen LogP contribution in [0.2, 0.25) is 0 Å². The van der Waals surface area contributed by atoms with E-state index in [1.165, 1.54) is 11.3 Å². The average molecular weight is 270 g/mol. The first-order valence-electron chi connectivity index (χ1n) is 6.21. The van der Waals surface area contributed by atoms with Gasteiger partial charge in [-0.3, -0.25) is 4.79 Å². The second-order valence-corrected chi connectivity index (χ2v) is 5.48. The minimum absolute atomic E-state index is 0.120. The van der Waals surface area contributed by atoms with Gasteiger partial charge in [0.25, 0.3) is 5.91 Å². The van der Waals surface area contributed by atoms with E-state index < -0.39 is 0 Å². The molecule has 0 bridgehead atoms. The number of hydrogen-bond donors (Lipinski definition) is 2. The molecular formula is C12H22N4OS. The molecule has 0 aromatic carbocycles. The van der Waals surface area contributed by atoms with Crippen molar-refractivity contribution < 1.29 is 4.79 Å². The summed E-state index contributed by atoms with van der Waals surface area (Å²) in [6, 6.07) is 0. The van der Waals surface area contributed by atoms with Crippen molar-refractivity contribution in [2.75, 3.05) is 31.3 Å². The van der Waals surface area contributed by atoms with E-state index >= 15 is 0 Å². The first kappa shape index (κ1) is 14.8. The number of rotatable bonds is 6. The van der Waals surface area contributed by atoms with Crippen LogP contribution in [0.15, 0.2) is 0 Å². The van der Waals surface area contributed by atoms with Crippen LogP contribution in [0.4, 0.5) is 10.9 Å². The molecule has 0 radical (unpaired) electrons. The van der Waals surface area contributed by atoms with E-state index in [1.54, 1.807) is 0 Å². The SMILES string of the molecule is CCC(CC)CNC(=O)c1sc(N(C)C)nc1N. The molecule has 0 atom stereocenters. The lowest BCUT2D eigenvalue weighted by molar-refractivity contribution is 0.0951. The van der Waals surface area contributed by atoms with E-state index in [-0.39, 0.29) is 5.91 Å². The molecule has 0 saturated heterocycles. The Morgan fingerprint density at radius 1 is 1.44 bits per heavy atom. The Hall–Kier alpha value is -1.30. The first-order chi connectivity index (χ1) is 8.49. The topological polar surface area (TPSA) is 71.2 Å². The lowest BCUT2D eigenvalue weighted by Gasteiger charge is -2.12. The number of aromatic nitrogens is 1. The third-order valence-corrected chi connectivity index (χ3v) is 4.17. The van der Waals surface area contributed by atoms with Crippen LogP contribution < -0.4 is 16.0 Å². The average Bonchev–Trinajstić information content (AvgIpc) is 2.72. The van der Waals surface area contributed by atoms with Crippen LogP contribution in [-0.2, 0) is 0 Å². The zero-order chi connectivity index (χ0) is 13.7. The molecule has 5 nitrogen and oxygen atoms in total. The highest BCUT2D eigenvalue weighted by Crippen LogP contribution is 2.26. The molecule has 1 rings (SSSR count). The second-order valence-electron chi connectivity index (χ2n) is 4.50. The van der Waals surface area contributed by atoms with Gasteiger partial charge in [0.15, 0.2) is 5.13 Å². The normalized spacial score (nSPS) is 10.7. The largest absolute Gasteiger partial charge is 0.382 e. The zero-order valence-corrected chi connectivity index (χ0v) is 12.3. The third kappa shape index (κ3) is 3.60. The van der Waals surface area contributed by atoms with Crippen LogP contribution in [0.25, 0.3) is 0 Å². The van der Waals surface area contributed by atoms with E-state index in [0.717, 1.165) is 18.0 Å². The Labute approximate surface area is 112 Å². The van der Waals surface area contributed by atoms with Gasteiger partial charge in [0.2, 0.25) is 0 Å². The Morgan fingerprint density at radius 2 is 2.06 bits per heavy atom. The molecule has 0 aliphatic rings. The number of carbonyl (C=O) groups is 1. The van der Waals surface area contributed by atoms with Gasteiger partial charge in [-0.15, -0.1) is 0 Å². The lowest BCUT2D eigenvalue weighted by Crippen LogP contribution is -2.28. The molecule has 0 unspecified atom stereocenters. The van der Waals surface area contributed by atoms with Gasteiger partial charge < -0.3 is 16.0 Å². The summed E-state index contributed by atoms with van der Waals surface area (Å²) in [7, 11) is 3.76. The van der Waals surface area contributed by atoms with Crippen LogP contribution in [0.5, 0.6) is 0 Å². The number of thiazole rings is 1. The predicted molar refractivity (Wildman–Crippen MR) is 77.3 cm³/mol. The van der Waals surface area contributed by atoms with Gasteiger partial charge in [-0.05, 0) is 5.92 Å². The summed E-state index contributed by atoms with van der Waals surface area (Å²) in [6.45, 7) is 4.96. The molecule has 1 heterocycles. The number of nitrogens with one attached hydrogen (secondary N) is 1. The molecule has 1 amide bonds. The Balaban J connectivity index is 2.66. The van der Waals surface area contributed by atoms with Gasteiger partial charge in [-0.1, -0.05) is 38.0 Å². The fourth-order valence-corrected chi connectivity index (χ4v) is 2.39. The quantitative estimate of drug-likeness (QED) is 0.829. The second kappa shape index (κ2) is 6.58. The highest BCUT2D eigenvalue weighted by Gasteiger charge is 2.17. The maximum absolute atomic E-state index is 12.0. The fourth-order valence-electron chi connectivity index (χ4n) is 1.57. The van der Waals surface area contributed by atoms with Gasteiger partial charge in [0.05, 0.1) is 0 Å². The Kier molecular flexibility index (Phi) is 5.40.